The maximum absolute atomic E-state index is 12.7. The van der Waals surface area contributed by atoms with Crippen molar-refractivity contribution in [3.8, 4) is 5.75 Å². The van der Waals surface area contributed by atoms with E-state index in [2.05, 4.69) is 5.32 Å². The quantitative estimate of drug-likeness (QED) is 0.723. The molecule has 0 spiro atoms. The van der Waals surface area contributed by atoms with Gasteiger partial charge >= 0.3 is 0 Å². The van der Waals surface area contributed by atoms with Gasteiger partial charge in [-0.2, -0.15) is 0 Å². The van der Waals surface area contributed by atoms with Gasteiger partial charge in [-0.25, -0.2) is 8.78 Å². The van der Waals surface area contributed by atoms with Gasteiger partial charge in [0.05, 0.1) is 6.54 Å². The zero-order valence-electron chi connectivity index (χ0n) is 8.37. The van der Waals surface area contributed by atoms with Crippen molar-refractivity contribution in [1.29, 1.82) is 0 Å². The summed E-state index contributed by atoms with van der Waals surface area (Å²) in [5.74, 6) is -2.27. The maximum atomic E-state index is 12.7. The molecule has 1 aromatic rings. The fourth-order valence-electron chi connectivity index (χ4n) is 0.982. The molecular weight excluding hydrogens is 220 g/mol. The molecule has 0 unspecified atom stereocenters. The average Bonchev–Trinajstić information content (AvgIpc) is 2.28. The second kappa shape index (κ2) is 6.02. The summed E-state index contributed by atoms with van der Waals surface area (Å²) in [6.45, 7) is -0.305. The molecule has 0 aliphatic carbocycles. The summed E-state index contributed by atoms with van der Waals surface area (Å²) in [5, 5.41) is 10.7. The molecule has 0 saturated heterocycles. The summed E-state index contributed by atoms with van der Waals surface area (Å²) >= 11 is 0. The Kier molecular flexibility index (Phi) is 4.65. The van der Waals surface area contributed by atoms with Crippen LogP contribution in [-0.2, 0) is 4.79 Å². The summed E-state index contributed by atoms with van der Waals surface area (Å²) in [7, 11) is 0. The van der Waals surface area contributed by atoms with Gasteiger partial charge < -0.3 is 15.2 Å². The summed E-state index contributed by atoms with van der Waals surface area (Å²) in [6, 6.07) is 3.16. The number of amides is 1. The molecule has 1 aromatic carbocycles. The number of halogens is 2. The molecule has 0 aliphatic heterocycles. The fourth-order valence-corrected chi connectivity index (χ4v) is 0.982. The van der Waals surface area contributed by atoms with E-state index >= 15 is 0 Å². The van der Waals surface area contributed by atoms with Crippen LogP contribution >= 0.6 is 0 Å². The highest BCUT2D eigenvalue weighted by Gasteiger charge is 2.03. The van der Waals surface area contributed by atoms with Crippen LogP contribution < -0.4 is 10.1 Å². The number of rotatable bonds is 5. The minimum absolute atomic E-state index is 0.108. The number of aliphatic hydroxyl groups is 1. The normalized spacial score (nSPS) is 9.94. The topological polar surface area (TPSA) is 58.6 Å². The molecule has 16 heavy (non-hydrogen) atoms. The predicted octanol–water partition coefficient (Wildman–Crippen LogP) is 0.452. The Balaban J connectivity index is 2.32. The van der Waals surface area contributed by atoms with Crippen molar-refractivity contribution in [3.63, 3.8) is 0 Å². The molecule has 0 aliphatic rings. The van der Waals surface area contributed by atoms with Crippen molar-refractivity contribution >= 4 is 5.91 Å². The van der Waals surface area contributed by atoms with Gasteiger partial charge in [-0.15, -0.1) is 0 Å². The summed E-state index contributed by atoms with van der Waals surface area (Å²) in [5.41, 5.74) is 0. The monoisotopic (exact) mass is 231 g/mol. The lowest BCUT2D eigenvalue weighted by Crippen LogP contribution is -2.30. The van der Waals surface area contributed by atoms with Gasteiger partial charge in [0, 0.05) is 6.07 Å². The lowest BCUT2D eigenvalue weighted by molar-refractivity contribution is -0.123. The van der Waals surface area contributed by atoms with E-state index in [9.17, 15) is 13.6 Å². The van der Waals surface area contributed by atoms with Crippen LogP contribution in [0.25, 0.3) is 0 Å². The van der Waals surface area contributed by atoms with Gasteiger partial charge in [-0.05, 0) is 12.1 Å². The van der Waals surface area contributed by atoms with E-state index in [0.29, 0.717) is 0 Å². The molecule has 6 heteroatoms. The van der Waals surface area contributed by atoms with Crippen LogP contribution in [-0.4, -0.2) is 30.8 Å². The zero-order valence-corrected chi connectivity index (χ0v) is 8.37. The molecule has 0 atom stereocenters. The Morgan fingerprint density at radius 2 is 2.12 bits per heavy atom. The fraction of sp³-hybridized carbons (Fsp3) is 0.300. The highest BCUT2D eigenvalue weighted by molar-refractivity contribution is 5.76. The van der Waals surface area contributed by atoms with E-state index in [1.807, 2.05) is 0 Å². The third-order valence-corrected chi connectivity index (χ3v) is 1.73. The summed E-state index contributed by atoms with van der Waals surface area (Å²) in [6.07, 6.45) is 0. The van der Waals surface area contributed by atoms with Crippen molar-refractivity contribution in [1.82, 2.24) is 5.32 Å². The number of carbonyl (C=O) groups is 1. The largest absolute Gasteiger partial charge is 0.492 e. The van der Waals surface area contributed by atoms with Crippen molar-refractivity contribution in [2.24, 2.45) is 0 Å². The number of aliphatic hydroxyl groups excluding tert-OH is 1. The van der Waals surface area contributed by atoms with Crippen LogP contribution in [0, 0.1) is 11.6 Å². The van der Waals surface area contributed by atoms with E-state index in [1.165, 1.54) is 6.07 Å². The van der Waals surface area contributed by atoms with Crippen LogP contribution in [0.1, 0.15) is 0 Å². The second-order valence-corrected chi connectivity index (χ2v) is 2.93. The zero-order chi connectivity index (χ0) is 12.0. The number of ether oxygens (including phenoxy) is 1. The predicted molar refractivity (Wildman–Crippen MR) is 51.9 cm³/mol. The minimum Gasteiger partial charge on any atom is -0.492 e. The van der Waals surface area contributed by atoms with E-state index in [1.54, 1.807) is 0 Å². The van der Waals surface area contributed by atoms with E-state index in [4.69, 9.17) is 9.84 Å². The van der Waals surface area contributed by atoms with Crippen molar-refractivity contribution in [3.05, 3.63) is 29.8 Å². The van der Waals surface area contributed by atoms with Crippen LogP contribution in [0.3, 0.4) is 0 Å². The maximum Gasteiger partial charge on any atom is 0.245 e. The third kappa shape index (κ3) is 3.82. The van der Waals surface area contributed by atoms with Gasteiger partial charge in [0.1, 0.15) is 19.0 Å². The second-order valence-electron chi connectivity index (χ2n) is 2.93. The lowest BCUT2D eigenvalue weighted by atomic mass is 10.3. The number of hydrogen-bond acceptors (Lipinski definition) is 3. The first kappa shape index (κ1) is 12.4. The Morgan fingerprint density at radius 1 is 1.38 bits per heavy atom. The van der Waals surface area contributed by atoms with Crippen molar-refractivity contribution in [2.75, 3.05) is 19.8 Å². The average molecular weight is 231 g/mol. The summed E-state index contributed by atoms with van der Waals surface area (Å²) in [4.78, 5) is 10.6. The van der Waals surface area contributed by atoms with Crippen molar-refractivity contribution in [2.45, 2.75) is 0 Å². The van der Waals surface area contributed by atoms with Gasteiger partial charge in [0.25, 0.3) is 0 Å². The smallest absolute Gasteiger partial charge is 0.245 e. The third-order valence-electron chi connectivity index (χ3n) is 1.73. The molecule has 88 valence electrons. The molecule has 0 bridgehead atoms. The van der Waals surface area contributed by atoms with Gasteiger partial charge in [-0.1, -0.05) is 0 Å². The Labute approximate surface area is 90.8 Å². The SMILES string of the molecule is O=C(CO)NCCOc1ccc(F)c(F)c1. The van der Waals surface area contributed by atoms with Crippen LogP contribution in [0.4, 0.5) is 8.78 Å². The molecule has 0 saturated carbocycles. The first-order valence-electron chi connectivity index (χ1n) is 4.59. The van der Waals surface area contributed by atoms with Crippen LogP contribution in [0.5, 0.6) is 5.75 Å². The molecular formula is C10H11F2NO3. The molecule has 4 nitrogen and oxygen atoms in total. The van der Waals surface area contributed by atoms with Gasteiger partial charge in [0.15, 0.2) is 11.6 Å². The highest BCUT2D eigenvalue weighted by atomic mass is 19.2. The molecule has 0 radical (unpaired) electrons. The number of carbonyl (C=O) groups excluding carboxylic acids is 1. The number of hydrogen-bond donors (Lipinski definition) is 2. The molecule has 0 aromatic heterocycles. The molecule has 1 rings (SSSR count). The van der Waals surface area contributed by atoms with Gasteiger partial charge in [0.2, 0.25) is 5.91 Å². The van der Waals surface area contributed by atoms with Gasteiger partial charge in [-0.3, -0.25) is 4.79 Å². The van der Waals surface area contributed by atoms with E-state index in [0.717, 1.165) is 12.1 Å². The Morgan fingerprint density at radius 3 is 2.75 bits per heavy atom. The van der Waals surface area contributed by atoms with Crippen LogP contribution in [0.2, 0.25) is 0 Å². The summed E-state index contributed by atoms with van der Waals surface area (Å²) < 4.78 is 30.3. The molecule has 2 N–H and O–H groups in total. The van der Waals surface area contributed by atoms with E-state index < -0.39 is 24.1 Å². The van der Waals surface area contributed by atoms with E-state index in [-0.39, 0.29) is 18.9 Å². The van der Waals surface area contributed by atoms with Crippen LogP contribution in [0.15, 0.2) is 18.2 Å². The minimum atomic E-state index is -0.989. The Hall–Kier alpha value is -1.69. The highest BCUT2D eigenvalue weighted by Crippen LogP contribution is 2.14. The first-order valence-corrected chi connectivity index (χ1v) is 4.59. The van der Waals surface area contributed by atoms with Crippen molar-refractivity contribution < 1.29 is 23.4 Å². The molecule has 0 heterocycles. The lowest BCUT2D eigenvalue weighted by Gasteiger charge is -2.06. The Bertz CT molecular complexity index is 371. The molecule has 1 amide bonds. The number of nitrogens with one attached hydrogen (secondary N) is 1. The molecule has 0 fully saturated rings. The first-order chi connectivity index (χ1) is 7.63. The number of benzene rings is 1. The standard InChI is InChI=1S/C10H11F2NO3/c11-8-2-1-7(5-9(8)12)16-4-3-13-10(15)6-14/h1-2,5,14H,3-4,6H2,(H,13,15).